The average molecular weight is 488 g/mol. The van der Waals surface area contributed by atoms with Gasteiger partial charge >= 0.3 is 44.2 Å². The van der Waals surface area contributed by atoms with Crippen LogP contribution in [0.1, 0.15) is 12.8 Å². The molecular weight excluding hydrogens is 474 g/mol. The maximum atomic E-state index is 14.0. The lowest BCUT2D eigenvalue weighted by Crippen LogP contribution is -2.75. The van der Waals surface area contributed by atoms with Gasteiger partial charge in [0.2, 0.25) is 0 Å². The lowest BCUT2D eigenvalue weighted by molar-refractivity contribution is -0.397. The quantitative estimate of drug-likeness (QED) is 0.318. The second-order valence-corrected chi connectivity index (χ2v) is 8.25. The van der Waals surface area contributed by atoms with Gasteiger partial charge in [0.1, 0.15) is 0 Å². The number of hydrogen-bond acceptors (Lipinski definition) is 3. The highest BCUT2D eigenvalue weighted by Crippen LogP contribution is 2.59. The van der Waals surface area contributed by atoms with Crippen LogP contribution in [0.25, 0.3) is 0 Å². The van der Waals surface area contributed by atoms with Gasteiger partial charge in [-0.25, -0.2) is 0 Å². The highest BCUT2D eigenvalue weighted by molar-refractivity contribution is 6.63. The third-order valence-electron chi connectivity index (χ3n) is 3.56. The summed E-state index contributed by atoms with van der Waals surface area (Å²) in [5, 5.41) is 0. The van der Waals surface area contributed by atoms with Crippen molar-refractivity contribution >= 4 is 8.80 Å². The lowest BCUT2D eigenvalue weighted by Gasteiger charge is -2.42. The Hall–Kier alpha value is -0.883. The molecule has 0 fully saturated rings. The normalized spacial score (nSPS) is 15.3. The van der Waals surface area contributed by atoms with Crippen molar-refractivity contribution in [2.75, 3.05) is 21.3 Å². The highest BCUT2D eigenvalue weighted by atomic mass is 28.4. The van der Waals surface area contributed by atoms with E-state index in [2.05, 4.69) is 13.3 Å². The zero-order valence-electron chi connectivity index (χ0n) is 14.5. The van der Waals surface area contributed by atoms with E-state index >= 15 is 0 Å². The zero-order chi connectivity index (χ0) is 23.0. The van der Waals surface area contributed by atoms with Crippen molar-refractivity contribution in [3.8, 4) is 0 Å². The molecule has 0 aromatic carbocycles. The standard InChI is InChI=1S/C11H13F13O3Si.FH/c1-25-28(26-2,27-3)11(23,24)10(21,22)9(19,20)8(17,18)6(12,13)4-5-7(14,15)16;/h4-5H2,1-3H3;1H. The van der Waals surface area contributed by atoms with Gasteiger partial charge in [0.15, 0.2) is 0 Å². The topological polar surface area (TPSA) is 27.7 Å². The van der Waals surface area contributed by atoms with E-state index in [1.54, 1.807) is 0 Å². The predicted molar refractivity (Wildman–Crippen MR) is 69.3 cm³/mol. The molecule has 0 saturated carbocycles. The first-order valence-corrected chi connectivity index (χ1v) is 8.48. The highest BCUT2D eigenvalue weighted by Gasteiger charge is 2.91. The smallest absolute Gasteiger partial charge is 0.373 e. The minimum absolute atomic E-state index is 0. The molecule has 0 radical (unpaired) electrons. The summed E-state index contributed by atoms with van der Waals surface area (Å²) < 4.78 is 184. The molecule has 0 heterocycles. The van der Waals surface area contributed by atoms with Gasteiger partial charge in [0.05, 0.1) is 0 Å². The SMILES string of the molecule is CO[Si](OC)(OC)C(F)(F)C(F)(F)C(F)(F)C(F)(F)C(F)(F)CCC(F)(F)F.F. The molecular formula is C11H14F14O3Si. The number of alkyl halides is 13. The Labute approximate surface area is 154 Å². The zero-order valence-corrected chi connectivity index (χ0v) is 15.5. The maximum Gasteiger partial charge on any atom is 0.581 e. The minimum atomic E-state index is -7.55. The van der Waals surface area contributed by atoms with Crippen molar-refractivity contribution in [3.05, 3.63) is 0 Å². The molecule has 29 heavy (non-hydrogen) atoms. The molecule has 0 aliphatic rings. The summed E-state index contributed by atoms with van der Waals surface area (Å²) in [7, 11) is -5.58. The van der Waals surface area contributed by atoms with Gasteiger partial charge in [0, 0.05) is 34.2 Å². The minimum Gasteiger partial charge on any atom is -0.373 e. The molecule has 0 aromatic rings. The maximum absolute atomic E-state index is 14.0. The van der Waals surface area contributed by atoms with Gasteiger partial charge in [-0.05, 0) is 0 Å². The molecule has 0 spiro atoms. The van der Waals surface area contributed by atoms with Gasteiger partial charge in [-0.3, -0.25) is 4.70 Å². The van der Waals surface area contributed by atoms with Crippen LogP contribution in [0.3, 0.4) is 0 Å². The first-order chi connectivity index (χ1) is 12.1. The Morgan fingerprint density at radius 3 is 1.17 bits per heavy atom. The van der Waals surface area contributed by atoms with Crippen LogP contribution in [0.5, 0.6) is 0 Å². The van der Waals surface area contributed by atoms with Crippen molar-refractivity contribution in [2.45, 2.75) is 48.3 Å². The fraction of sp³-hybridized carbons (Fsp3) is 1.00. The van der Waals surface area contributed by atoms with Crippen LogP contribution in [-0.2, 0) is 13.3 Å². The van der Waals surface area contributed by atoms with Gasteiger partial charge in [0.25, 0.3) is 0 Å². The van der Waals surface area contributed by atoms with Crippen LogP contribution in [0.2, 0.25) is 0 Å². The molecule has 0 aliphatic heterocycles. The molecule has 0 aliphatic carbocycles. The van der Waals surface area contributed by atoms with Crippen molar-refractivity contribution in [1.29, 1.82) is 0 Å². The van der Waals surface area contributed by atoms with Crippen molar-refractivity contribution in [3.63, 3.8) is 0 Å². The Balaban J connectivity index is 0. The summed E-state index contributed by atoms with van der Waals surface area (Å²) >= 11 is 0. The molecule has 0 N–H and O–H groups in total. The van der Waals surface area contributed by atoms with E-state index in [0.717, 1.165) is 0 Å². The first-order valence-electron chi connectivity index (χ1n) is 6.75. The summed E-state index contributed by atoms with van der Waals surface area (Å²) in [6, 6.07) is 0. The summed E-state index contributed by atoms with van der Waals surface area (Å²) in [5.41, 5.74) is -6.40. The molecule has 0 bridgehead atoms. The van der Waals surface area contributed by atoms with Crippen molar-refractivity contribution in [1.82, 2.24) is 0 Å². The van der Waals surface area contributed by atoms with Crippen LogP contribution < -0.4 is 0 Å². The van der Waals surface area contributed by atoms with Gasteiger partial charge < -0.3 is 13.3 Å². The second kappa shape index (κ2) is 8.70. The molecule has 0 atom stereocenters. The summed E-state index contributed by atoms with van der Waals surface area (Å²) in [5.74, 6) is -28.6. The fourth-order valence-electron chi connectivity index (χ4n) is 1.91. The molecule has 18 heteroatoms. The summed E-state index contributed by atoms with van der Waals surface area (Å²) in [6.45, 7) is 0. The van der Waals surface area contributed by atoms with E-state index in [0.29, 0.717) is 0 Å². The third-order valence-corrected chi connectivity index (χ3v) is 6.25. The number of halogens is 14. The predicted octanol–water partition coefficient (Wildman–Crippen LogP) is 5.08. The van der Waals surface area contributed by atoms with E-state index in [9.17, 15) is 57.1 Å². The molecule has 0 amide bonds. The van der Waals surface area contributed by atoms with Crippen molar-refractivity contribution in [2.24, 2.45) is 0 Å². The second-order valence-electron chi connectivity index (χ2n) is 5.29. The van der Waals surface area contributed by atoms with E-state index in [1.165, 1.54) is 0 Å². The van der Waals surface area contributed by atoms with Crippen molar-refractivity contribution < 1.29 is 75.1 Å². The van der Waals surface area contributed by atoms with E-state index in [1.807, 2.05) is 0 Å². The van der Waals surface area contributed by atoms with Crippen LogP contribution in [0, 0.1) is 0 Å². The third kappa shape index (κ3) is 4.73. The lowest BCUT2D eigenvalue weighted by atomic mass is 9.95. The monoisotopic (exact) mass is 488 g/mol. The first kappa shape index (κ1) is 30.3. The van der Waals surface area contributed by atoms with E-state index in [-0.39, 0.29) is 26.0 Å². The summed E-state index contributed by atoms with van der Waals surface area (Å²) in [6.07, 6.45) is -11.4. The molecule has 0 saturated heterocycles. The summed E-state index contributed by atoms with van der Waals surface area (Å²) in [4.78, 5) is 0. The Morgan fingerprint density at radius 1 is 0.552 bits per heavy atom. The molecule has 178 valence electrons. The Kier molecular flexibility index (Phi) is 9.09. The largest absolute Gasteiger partial charge is 0.581 e. The van der Waals surface area contributed by atoms with Crippen LogP contribution in [-0.4, -0.2) is 65.5 Å². The van der Waals surface area contributed by atoms with Gasteiger partial charge in [-0.1, -0.05) is 0 Å². The van der Waals surface area contributed by atoms with Crippen LogP contribution >= 0.6 is 0 Å². The number of rotatable bonds is 10. The molecule has 3 nitrogen and oxygen atoms in total. The van der Waals surface area contributed by atoms with E-state index < -0.39 is 57.1 Å². The Bertz CT molecular complexity index is 523. The number of hydrogen-bond donors (Lipinski definition) is 0. The molecule has 0 aromatic heterocycles. The average Bonchev–Trinajstić information content (AvgIpc) is 2.53. The molecule has 0 rings (SSSR count). The van der Waals surface area contributed by atoms with Crippen LogP contribution in [0.4, 0.5) is 61.8 Å². The van der Waals surface area contributed by atoms with Crippen LogP contribution in [0.15, 0.2) is 0 Å². The van der Waals surface area contributed by atoms with E-state index in [4.69, 9.17) is 0 Å². The molecule has 0 unspecified atom stereocenters. The van der Waals surface area contributed by atoms with Gasteiger partial charge in [-0.15, -0.1) is 0 Å². The Morgan fingerprint density at radius 2 is 0.897 bits per heavy atom. The fourth-order valence-corrected chi connectivity index (χ4v) is 3.72. The van der Waals surface area contributed by atoms with Gasteiger partial charge in [-0.2, -0.15) is 57.1 Å².